The van der Waals surface area contributed by atoms with Gasteiger partial charge in [0.2, 0.25) is 5.91 Å². The molecule has 3 nitrogen and oxygen atoms in total. The molecule has 0 bridgehead atoms. The molecule has 1 aromatic carbocycles. The maximum absolute atomic E-state index is 13.0. The largest absolute Gasteiger partial charge is 0.369 e. The van der Waals surface area contributed by atoms with E-state index in [0.29, 0.717) is 0 Å². The van der Waals surface area contributed by atoms with E-state index in [1.807, 2.05) is 12.1 Å². The number of hydrogen-bond donors (Lipinski definition) is 1. The molecule has 1 saturated heterocycles. The predicted molar refractivity (Wildman–Crippen MR) is 86.9 cm³/mol. The highest BCUT2D eigenvalue weighted by molar-refractivity contribution is 5.77. The molecule has 2 N–H and O–H groups in total. The molecule has 0 aromatic heterocycles. The molecule has 0 radical (unpaired) electrons. The fraction of sp³-hybridized carbons (Fsp3) is 0.611. The lowest BCUT2D eigenvalue weighted by Gasteiger charge is -2.39. The summed E-state index contributed by atoms with van der Waals surface area (Å²) in [7, 11) is 0. The minimum Gasteiger partial charge on any atom is -0.369 e. The molecule has 4 heteroatoms. The lowest BCUT2D eigenvalue weighted by Crippen LogP contribution is -2.48. The van der Waals surface area contributed by atoms with Gasteiger partial charge in [0.1, 0.15) is 5.82 Å². The topological polar surface area (TPSA) is 46.3 Å². The second kappa shape index (κ2) is 8.28. The van der Waals surface area contributed by atoms with Gasteiger partial charge in [0, 0.05) is 12.6 Å². The van der Waals surface area contributed by atoms with Crippen LogP contribution in [0.2, 0.25) is 0 Å². The van der Waals surface area contributed by atoms with Crippen molar-refractivity contribution < 1.29 is 9.18 Å². The number of likely N-dealkylation sites (tertiary alicyclic amines) is 1. The van der Waals surface area contributed by atoms with Gasteiger partial charge in [-0.05, 0) is 49.9 Å². The minimum absolute atomic E-state index is 0.0430. The first-order valence-corrected chi connectivity index (χ1v) is 8.39. The van der Waals surface area contributed by atoms with Crippen LogP contribution in [0.5, 0.6) is 0 Å². The number of carbonyl (C=O) groups is 1. The van der Waals surface area contributed by atoms with Crippen LogP contribution in [0.15, 0.2) is 24.3 Å². The quantitative estimate of drug-likeness (QED) is 0.841. The average Bonchev–Trinajstić information content (AvgIpc) is 2.52. The third-order valence-electron chi connectivity index (χ3n) is 4.69. The van der Waals surface area contributed by atoms with Gasteiger partial charge < -0.3 is 5.73 Å². The first-order valence-electron chi connectivity index (χ1n) is 8.39. The van der Waals surface area contributed by atoms with Gasteiger partial charge in [0.05, 0.1) is 5.92 Å². The van der Waals surface area contributed by atoms with Crippen LogP contribution in [0.1, 0.15) is 44.6 Å². The van der Waals surface area contributed by atoms with Crippen molar-refractivity contribution in [2.75, 3.05) is 13.1 Å². The molecule has 0 saturated carbocycles. The molecule has 1 aromatic rings. The van der Waals surface area contributed by atoms with E-state index in [1.165, 1.54) is 25.0 Å². The molecule has 2 unspecified atom stereocenters. The van der Waals surface area contributed by atoms with Crippen LogP contribution in [0, 0.1) is 11.7 Å². The molecule has 122 valence electrons. The van der Waals surface area contributed by atoms with Crippen LogP contribution in [0.25, 0.3) is 0 Å². The number of hydrogen-bond acceptors (Lipinski definition) is 2. The van der Waals surface area contributed by atoms with E-state index < -0.39 is 0 Å². The van der Waals surface area contributed by atoms with Gasteiger partial charge in [0.15, 0.2) is 0 Å². The maximum atomic E-state index is 13.0. The van der Waals surface area contributed by atoms with E-state index >= 15 is 0 Å². The zero-order valence-corrected chi connectivity index (χ0v) is 13.4. The molecule has 22 heavy (non-hydrogen) atoms. The Labute approximate surface area is 132 Å². The lowest BCUT2D eigenvalue weighted by atomic mass is 9.86. The van der Waals surface area contributed by atoms with Gasteiger partial charge in [-0.2, -0.15) is 0 Å². The van der Waals surface area contributed by atoms with E-state index in [4.69, 9.17) is 5.73 Å². The summed E-state index contributed by atoms with van der Waals surface area (Å²) in [6, 6.07) is 6.96. The maximum Gasteiger partial charge on any atom is 0.222 e. The van der Waals surface area contributed by atoms with Crippen molar-refractivity contribution in [1.82, 2.24) is 4.90 Å². The summed E-state index contributed by atoms with van der Waals surface area (Å²) in [4.78, 5) is 14.2. The zero-order chi connectivity index (χ0) is 15.9. The number of amides is 1. The summed E-state index contributed by atoms with van der Waals surface area (Å²) in [6.45, 7) is 4.03. The van der Waals surface area contributed by atoms with Gasteiger partial charge in [-0.25, -0.2) is 4.39 Å². The van der Waals surface area contributed by atoms with Crippen LogP contribution < -0.4 is 5.73 Å². The summed E-state index contributed by atoms with van der Waals surface area (Å²) < 4.78 is 13.0. The van der Waals surface area contributed by atoms with Gasteiger partial charge in [-0.1, -0.05) is 31.9 Å². The van der Waals surface area contributed by atoms with Crippen molar-refractivity contribution in [3.05, 3.63) is 35.6 Å². The molecule has 1 aliphatic rings. The lowest BCUT2D eigenvalue weighted by molar-refractivity contribution is -0.124. The molecule has 0 aliphatic carbocycles. The van der Waals surface area contributed by atoms with Crippen LogP contribution >= 0.6 is 0 Å². The third kappa shape index (κ3) is 4.54. The summed E-state index contributed by atoms with van der Waals surface area (Å²) in [5.74, 6) is -0.407. The zero-order valence-electron chi connectivity index (χ0n) is 13.4. The second-order valence-electron chi connectivity index (χ2n) is 6.27. The van der Waals surface area contributed by atoms with Crippen LogP contribution in [0.3, 0.4) is 0 Å². The highest BCUT2D eigenvalue weighted by atomic mass is 19.1. The number of carbonyl (C=O) groups excluding carboxylic acids is 1. The van der Waals surface area contributed by atoms with Crippen molar-refractivity contribution >= 4 is 5.91 Å². The highest BCUT2D eigenvalue weighted by Gasteiger charge is 2.32. The normalized spacial score (nSPS) is 20.7. The molecule has 1 aliphatic heterocycles. The molecule has 2 rings (SSSR count). The fourth-order valence-corrected chi connectivity index (χ4v) is 3.51. The Kier molecular flexibility index (Phi) is 6.37. The van der Waals surface area contributed by atoms with E-state index in [9.17, 15) is 9.18 Å². The summed E-state index contributed by atoms with van der Waals surface area (Å²) in [5, 5.41) is 0. The smallest absolute Gasteiger partial charge is 0.222 e. The Morgan fingerprint density at radius 1 is 1.36 bits per heavy atom. The third-order valence-corrected chi connectivity index (χ3v) is 4.69. The summed E-state index contributed by atoms with van der Waals surface area (Å²) >= 11 is 0. The number of benzene rings is 1. The monoisotopic (exact) mass is 306 g/mol. The number of piperidine rings is 1. The summed E-state index contributed by atoms with van der Waals surface area (Å²) in [5.41, 5.74) is 6.77. The number of halogens is 1. The number of nitrogens with two attached hydrogens (primary N) is 1. The second-order valence-corrected chi connectivity index (χ2v) is 6.27. The Morgan fingerprint density at radius 2 is 2.09 bits per heavy atom. The van der Waals surface area contributed by atoms with E-state index in [1.54, 1.807) is 0 Å². The minimum atomic E-state index is -0.198. The Balaban J connectivity index is 1.99. The standard InChI is InChI=1S/C18H27FN2O/c1-2-5-16(18(20)22)17-6-3-4-12-21(17)13-11-14-7-9-15(19)10-8-14/h7-10,16-17H,2-6,11-13H2,1H3,(H2,20,22). The van der Waals surface area contributed by atoms with Crippen molar-refractivity contribution in [3.63, 3.8) is 0 Å². The van der Waals surface area contributed by atoms with Crippen molar-refractivity contribution in [1.29, 1.82) is 0 Å². The molecule has 0 spiro atoms. The van der Waals surface area contributed by atoms with E-state index in [2.05, 4.69) is 11.8 Å². The Hall–Kier alpha value is -1.42. The number of primary amides is 1. The van der Waals surface area contributed by atoms with E-state index in [0.717, 1.165) is 44.3 Å². The fourth-order valence-electron chi connectivity index (χ4n) is 3.51. The Morgan fingerprint density at radius 3 is 2.73 bits per heavy atom. The van der Waals surface area contributed by atoms with Gasteiger partial charge in [-0.15, -0.1) is 0 Å². The molecule has 2 atom stereocenters. The van der Waals surface area contributed by atoms with Crippen molar-refractivity contribution in [2.45, 2.75) is 51.5 Å². The molecule has 1 amide bonds. The van der Waals surface area contributed by atoms with Crippen molar-refractivity contribution in [3.8, 4) is 0 Å². The SMILES string of the molecule is CCCC(C(N)=O)C1CCCCN1CCc1ccc(F)cc1. The van der Waals surface area contributed by atoms with Crippen LogP contribution in [0.4, 0.5) is 4.39 Å². The molecule has 1 fully saturated rings. The van der Waals surface area contributed by atoms with Gasteiger partial charge >= 0.3 is 0 Å². The van der Waals surface area contributed by atoms with Crippen molar-refractivity contribution in [2.24, 2.45) is 11.7 Å². The molecular formula is C18H27FN2O. The first kappa shape index (κ1) is 16.9. The Bertz CT molecular complexity index is 474. The number of rotatable bonds is 7. The predicted octanol–water partition coefficient (Wildman–Crippen LogP) is 3.12. The van der Waals surface area contributed by atoms with Gasteiger partial charge in [-0.3, -0.25) is 9.69 Å². The average molecular weight is 306 g/mol. The number of nitrogens with zero attached hydrogens (tertiary/aromatic N) is 1. The van der Waals surface area contributed by atoms with Gasteiger partial charge in [0.25, 0.3) is 0 Å². The van der Waals surface area contributed by atoms with E-state index in [-0.39, 0.29) is 23.7 Å². The summed E-state index contributed by atoms with van der Waals surface area (Å²) in [6.07, 6.45) is 6.14. The molecular weight excluding hydrogens is 279 g/mol. The van der Waals surface area contributed by atoms with Crippen LogP contribution in [-0.2, 0) is 11.2 Å². The van der Waals surface area contributed by atoms with Crippen LogP contribution in [-0.4, -0.2) is 29.9 Å². The first-order chi connectivity index (χ1) is 10.6. The molecule has 1 heterocycles. The highest BCUT2D eigenvalue weighted by Crippen LogP contribution is 2.26.